The predicted molar refractivity (Wildman–Crippen MR) is 137 cm³/mol. The molecule has 174 valence electrons. The van der Waals surface area contributed by atoms with Crippen LogP contribution in [-0.2, 0) is 16.6 Å². The highest BCUT2D eigenvalue weighted by atomic mass is 32.2. The fourth-order valence-corrected chi connectivity index (χ4v) is 4.93. The third-order valence-electron chi connectivity index (χ3n) is 5.21. The third kappa shape index (κ3) is 5.67. The quantitative estimate of drug-likeness (QED) is 0.390. The molecule has 0 aliphatic heterocycles. The van der Waals surface area contributed by atoms with Gasteiger partial charge in [0.25, 0.3) is 5.91 Å². The average molecular weight is 493 g/mol. The number of anilines is 2. The number of hydrogen-bond acceptors (Lipinski definition) is 6. The topological polar surface area (TPSA) is 92.3 Å². The van der Waals surface area contributed by atoms with Crippen LogP contribution in [0.4, 0.5) is 10.8 Å². The number of sulfonamides is 1. The normalized spacial score (nSPS) is 11.3. The first-order valence-corrected chi connectivity index (χ1v) is 13.2. The van der Waals surface area contributed by atoms with E-state index in [1.165, 1.54) is 21.9 Å². The van der Waals surface area contributed by atoms with Crippen LogP contribution in [0.2, 0.25) is 0 Å². The van der Waals surface area contributed by atoms with Gasteiger partial charge in [-0.05, 0) is 43.7 Å². The van der Waals surface area contributed by atoms with Gasteiger partial charge in [0.1, 0.15) is 5.01 Å². The zero-order valence-electron chi connectivity index (χ0n) is 19.0. The summed E-state index contributed by atoms with van der Waals surface area (Å²) in [6, 6.07) is 22.1. The lowest BCUT2D eigenvalue weighted by molar-refractivity contribution is 0.102. The van der Waals surface area contributed by atoms with Gasteiger partial charge in [-0.25, -0.2) is 8.42 Å². The summed E-state index contributed by atoms with van der Waals surface area (Å²) in [5, 5.41) is 12.1. The molecule has 4 rings (SSSR count). The van der Waals surface area contributed by atoms with Crippen LogP contribution in [0.15, 0.2) is 72.8 Å². The molecule has 0 spiro atoms. The minimum absolute atomic E-state index is 0.206. The van der Waals surface area contributed by atoms with E-state index in [1.807, 2.05) is 62.4 Å². The van der Waals surface area contributed by atoms with E-state index < -0.39 is 10.0 Å². The summed E-state index contributed by atoms with van der Waals surface area (Å²) in [6.07, 6.45) is 1.17. The summed E-state index contributed by atoms with van der Waals surface area (Å²) in [7, 11) is -3.52. The molecule has 0 aliphatic rings. The summed E-state index contributed by atoms with van der Waals surface area (Å²) in [5.41, 5.74) is 4.93. The smallest absolute Gasteiger partial charge is 0.257 e. The van der Waals surface area contributed by atoms with Crippen molar-refractivity contribution in [3.05, 3.63) is 95.1 Å². The van der Waals surface area contributed by atoms with Gasteiger partial charge < -0.3 is 0 Å². The Balaban J connectivity index is 1.48. The molecule has 1 N–H and O–H groups in total. The number of aryl methyl sites for hydroxylation is 2. The highest BCUT2D eigenvalue weighted by Gasteiger charge is 2.19. The van der Waals surface area contributed by atoms with Crippen molar-refractivity contribution in [2.45, 2.75) is 20.4 Å². The second kappa shape index (κ2) is 9.74. The van der Waals surface area contributed by atoms with E-state index in [0.29, 0.717) is 21.4 Å². The lowest BCUT2D eigenvalue weighted by Crippen LogP contribution is -2.29. The standard InChI is InChI=1S/C25H24N4O3S2/c1-17-4-8-19(9-5-17)16-29(34(3,31)32)22-14-12-20(13-15-22)23(30)26-25-28-27-24(33-25)21-10-6-18(2)7-11-21/h4-15H,16H2,1-3H3,(H,26,28,30). The van der Waals surface area contributed by atoms with Gasteiger partial charge in [-0.1, -0.05) is 71.0 Å². The molecule has 9 heteroatoms. The van der Waals surface area contributed by atoms with Gasteiger partial charge in [0.2, 0.25) is 15.2 Å². The second-order valence-corrected chi connectivity index (χ2v) is 10.9. The molecule has 1 heterocycles. The molecule has 0 saturated heterocycles. The zero-order chi connectivity index (χ0) is 24.3. The number of carbonyl (C=O) groups excluding carboxylic acids is 1. The molecule has 0 aliphatic carbocycles. The molecule has 1 aromatic heterocycles. The van der Waals surface area contributed by atoms with Gasteiger partial charge in [-0.3, -0.25) is 14.4 Å². The summed E-state index contributed by atoms with van der Waals surface area (Å²) in [4.78, 5) is 12.7. The first-order chi connectivity index (χ1) is 16.2. The van der Waals surface area contributed by atoms with Crippen molar-refractivity contribution >= 4 is 38.1 Å². The number of rotatable bonds is 7. The number of hydrogen-bond donors (Lipinski definition) is 1. The predicted octanol–water partition coefficient (Wildman–Crippen LogP) is 5.04. The summed E-state index contributed by atoms with van der Waals surface area (Å²) in [6.45, 7) is 4.20. The average Bonchev–Trinajstić information content (AvgIpc) is 3.27. The van der Waals surface area contributed by atoms with Gasteiger partial charge >= 0.3 is 0 Å². The molecular formula is C25H24N4O3S2. The second-order valence-electron chi connectivity index (χ2n) is 8.03. The van der Waals surface area contributed by atoms with Crippen molar-refractivity contribution in [1.82, 2.24) is 10.2 Å². The van der Waals surface area contributed by atoms with Crippen molar-refractivity contribution in [3.63, 3.8) is 0 Å². The van der Waals surface area contributed by atoms with Crippen LogP contribution in [0, 0.1) is 13.8 Å². The Hall–Kier alpha value is -3.56. The number of nitrogens with one attached hydrogen (secondary N) is 1. The number of nitrogens with zero attached hydrogens (tertiary/aromatic N) is 3. The van der Waals surface area contributed by atoms with Gasteiger partial charge in [0.05, 0.1) is 18.5 Å². The number of aromatic nitrogens is 2. The third-order valence-corrected chi connectivity index (χ3v) is 7.24. The monoisotopic (exact) mass is 492 g/mol. The fourth-order valence-electron chi connectivity index (χ4n) is 3.29. The lowest BCUT2D eigenvalue weighted by Gasteiger charge is -2.23. The molecule has 0 saturated carbocycles. The van der Waals surface area contributed by atoms with Crippen molar-refractivity contribution in [2.75, 3.05) is 15.9 Å². The molecule has 0 unspecified atom stereocenters. The SMILES string of the molecule is Cc1ccc(CN(c2ccc(C(=O)Nc3nnc(-c4ccc(C)cc4)s3)cc2)S(C)(=O)=O)cc1. The zero-order valence-corrected chi connectivity index (χ0v) is 20.7. The Labute approximate surface area is 203 Å². The van der Waals surface area contributed by atoms with Gasteiger partial charge in [-0.2, -0.15) is 0 Å². The van der Waals surface area contributed by atoms with Gasteiger partial charge in [0.15, 0.2) is 0 Å². The molecule has 3 aromatic carbocycles. The molecule has 7 nitrogen and oxygen atoms in total. The van der Waals surface area contributed by atoms with Crippen LogP contribution in [0.25, 0.3) is 10.6 Å². The van der Waals surface area contributed by atoms with Crippen molar-refractivity contribution in [1.29, 1.82) is 0 Å². The number of amides is 1. The first-order valence-electron chi connectivity index (χ1n) is 10.5. The molecular weight excluding hydrogens is 468 g/mol. The summed E-state index contributed by atoms with van der Waals surface area (Å²) >= 11 is 1.29. The molecule has 0 radical (unpaired) electrons. The Bertz CT molecular complexity index is 1400. The number of benzene rings is 3. The van der Waals surface area contributed by atoms with E-state index in [0.717, 1.165) is 22.3 Å². The molecule has 1 amide bonds. The van der Waals surface area contributed by atoms with Crippen LogP contribution < -0.4 is 9.62 Å². The van der Waals surface area contributed by atoms with Gasteiger partial charge in [0, 0.05) is 11.1 Å². The van der Waals surface area contributed by atoms with Crippen LogP contribution in [0.1, 0.15) is 27.0 Å². The van der Waals surface area contributed by atoms with E-state index in [1.54, 1.807) is 24.3 Å². The minimum Gasteiger partial charge on any atom is -0.296 e. The molecule has 0 fully saturated rings. The largest absolute Gasteiger partial charge is 0.296 e. The van der Waals surface area contributed by atoms with E-state index >= 15 is 0 Å². The highest BCUT2D eigenvalue weighted by Crippen LogP contribution is 2.27. The van der Waals surface area contributed by atoms with E-state index in [2.05, 4.69) is 15.5 Å². The maximum atomic E-state index is 12.7. The lowest BCUT2D eigenvalue weighted by atomic mass is 10.1. The Morgan fingerprint density at radius 3 is 2.06 bits per heavy atom. The summed E-state index contributed by atoms with van der Waals surface area (Å²) in [5.74, 6) is -0.345. The van der Waals surface area contributed by atoms with E-state index in [9.17, 15) is 13.2 Å². The number of carbonyl (C=O) groups is 1. The van der Waals surface area contributed by atoms with Crippen LogP contribution in [-0.4, -0.2) is 30.8 Å². The van der Waals surface area contributed by atoms with Crippen molar-refractivity contribution < 1.29 is 13.2 Å². The highest BCUT2D eigenvalue weighted by molar-refractivity contribution is 7.92. The van der Waals surface area contributed by atoms with Crippen molar-refractivity contribution in [2.24, 2.45) is 0 Å². The molecule has 0 atom stereocenters. The van der Waals surface area contributed by atoms with E-state index in [-0.39, 0.29) is 12.5 Å². The van der Waals surface area contributed by atoms with Crippen LogP contribution in [0.5, 0.6) is 0 Å². The molecule has 34 heavy (non-hydrogen) atoms. The van der Waals surface area contributed by atoms with Gasteiger partial charge in [-0.15, -0.1) is 10.2 Å². The summed E-state index contributed by atoms with van der Waals surface area (Å²) < 4.78 is 26.2. The van der Waals surface area contributed by atoms with Crippen molar-refractivity contribution in [3.8, 4) is 10.6 Å². The Morgan fingerprint density at radius 1 is 0.882 bits per heavy atom. The Morgan fingerprint density at radius 2 is 1.47 bits per heavy atom. The molecule has 0 bridgehead atoms. The van der Waals surface area contributed by atoms with Crippen LogP contribution in [0.3, 0.4) is 0 Å². The van der Waals surface area contributed by atoms with Crippen LogP contribution >= 0.6 is 11.3 Å². The van der Waals surface area contributed by atoms with E-state index in [4.69, 9.17) is 0 Å². The Kier molecular flexibility index (Phi) is 6.76. The fraction of sp³-hybridized carbons (Fsp3) is 0.160. The first kappa shape index (κ1) is 23.6. The molecule has 4 aromatic rings. The maximum Gasteiger partial charge on any atom is 0.257 e. The minimum atomic E-state index is -3.52. The maximum absolute atomic E-state index is 12.7.